The van der Waals surface area contributed by atoms with E-state index in [-0.39, 0.29) is 30.5 Å². The Morgan fingerprint density at radius 2 is 1.97 bits per heavy atom. The number of hydrogen-bond acceptors (Lipinski definition) is 8. The average molecular weight is 502 g/mol. The summed E-state index contributed by atoms with van der Waals surface area (Å²) in [6.45, 7) is 6.59. The van der Waals surface area contributed by atoms with Crippen LogP contribution in [0.25, 0.3) is 11.3 Å². The lowest BCUT2D eigenvalue weighted by Gasteiger charge is -2.24. The third kappa shape index (κ3) is 6.54. The Balaban J connectivity index is 1.63. The zero-order chi connectivity index (χ0) is 26.4. The molecule has 1 aromatic carbocycles. The molecule has 0 saturated carbocycles. The zero-order valence-corrected chi connectivity index (χ0v) is 21.5. The first kappa shape index (κ1) is 25.9. The smallest absolute Gasteiger partial charge is 0.410 e. The molecule has 2 N–H and O–H groups in total. The summed E-state index contributed by atoms with van der Waals surface area (Å²) in [5.41, 5.74) is 8.45. The van der Waals surface area contributed by atoms with Crippen molar-refractivity contribution in [2.45, 2.75) is 32.3 Å². The summed E-state index contributed by atoms with van der Waals surface area (Å²) in [6, 6.07) is 13.2. The topological polar surface area (TPSA) is 113 Å². The molecule has 0 unspecified atom stereocenters. The van der Waals surface area contributed by atoms with Crippen molar-refractivity contribution in [3.63, 3.8) is 0 Å². The monoisotopic (exact) mass is 501 g/mol. The van der Waals surface area contributed by atoms with E-state index in [4.69, 9.17) is 19.9 Å². The summed E-state index contributed by atoms with van der Waals surface area (Å²) < 4.78 is 16.3. The van der Waals surface area contributed by atoms with Crippen LogP contribution in [0.15, 0.2) is 54.9 Å². The maximum absolute atomic E-state index is 12.8. The van der Waals surface area contributed by atoms with Gasteiger partial charge in [-0.05, 0) is 50.6 Å². The molecule has 2 atom stereocenters. The molecule has 1 aliphatic heterocycles. The van der Waals surface area contributed by atoms with Gasteiger partial charge >= 0.3 is 6.09 Å². The van der Waals surface area contributed by atoms with Crippen LogP contribution in [0.4, 0.5) is 10.6 Å². The van der Waals surface area contributed by atoms with E-state index >= 15 is 0 Å². The standard InChI is InChI=1S/C28H31N5O4/c1-28(2,3)37-27(34)33-16-21(23(17-33)20-8-7-13-30-15-20)12-11-19-14-24(31-32-26(19)29)22-9-5-6-10-25(22)36-18-35-4/h5-10,13-15,21,23H,16-18H2,1-4H3,(H2,29,32)/t21-,23+/m1/s1. The van der Waals surface area contributed by atoms with E-state index < -0.39 is 5.60 Å². The number of nitrogens with two attached hydrogens (primary N) is 1. The van der Waals surface area contributed by atoms with Gasteiger partial charge in [0, 0.05) is 50.0 Å². The molecule has 0 aliphatic carbocycles. The van der Waals surface area contributed by atoms with Crippen molar-refractivity contribution in [1.29, 1.82) is 0 Å². The second kappa shape index (κ2) is 11.3. The quantitative estimate of drug-likeness (QED) is 0.411. The van der Waals surface area contributed by atoms with Gasteiger partial charge in [0.1, 0.15) is 11.4 Å². The molecular weight excluding hydrogens is 470 g/mol. The Hall–Kier alpha value is -4.16. The highest BCUT2D eigenvalue weighted by Crippen LogP contribution is 2.33. The highest BCUT2D eigenvalue weighted by molar-refractivity contribution is 5.70. The van der Waals surface area contributed by atoms with E-state index in [2.05, 4.69) is 27.0 Å². The zero-order valence-electron chi connectivity index (χ0n) is 21.5. The number of carbonyl (C=O) groups is 1. The molecule has 3 aromatic rings. The molecule has 1 fully saturated rings. The Labute approximate surface area is 217 Å². The van der Waals surface area contributed by atoms with E-state index in [0.717, 1.165) is 11.1 Å². The van der Waals surface area contributed by atoms with Gasteiger partial charge in [0.15, 0.2) is 12.6 Å². The van der Waals surface area contributed by atoms with Crippen molar-refractivity contribution in [3.8, 4) is 28.8 Å². The van der Waals surface area contributed by atoms with Crippen LogP contribution in [0.5, 0.6) is 5.75 Å². The fourth-order valence-electron chi connectivity index (χ4n) is 4.09. The molecule has 192 valence electrons. The van der Waals surface area contributed by atoms with E-state index in [1.165, 1.54) is 0 Å². The van der Waals surface area contributed by atoms with E-state index in [1.807, 2.05) is 63.4 Å². The number of carbonyl (C=O) groups excluding carboxylic acids is 1. The SMILES string of the molecule is COCOc1ccccc1-c1cc(C#C[C@@H]2CN(C(=O)OC(C)(C)C)C[C@H]2c2cccnc2)c(N)nn1. The number of nitrogen functional groups attached to an aromatic ring is 1. The molecule has 0 radical (unpaired) electrons. The molecule has 0 spiro atoms. The Morgan fingerprint density at radius 1 is 1.16 bits per heavy atom. The van der Waals surface area contributed by atoms with E-state index in [9.17, 15) is 4.79 Å². The van der Waals surface area contributed by atoms with Crippen LogP contribution in [0.3, 0.4) is 0 Å². The number of nitrogens with zero attached hydrogens (tertiary/aromatic N) is 4. The maximum atomic E-state index is 12.8. The summed E-state index contributed by atoms with van der Waals surface area (Å²) in [6.07, 6.45) is 3.19. The summed E-state index contributed by atoms with van der Waals surface area (Å²) >= 11 is 0. The van der Waals surface area contributed by atoms with Crippen LogP contribution in [0, 0.1) is 17.8 Å². The van der Waals surface area contributed by atoms with Crippen molar-refractivity contribution in [3.05, 3.63) is 66.0 Å². The highest BCUT2D eigenvalue weighted by atomic mass is 16.7. The number of likely N-dealkylation sites (tertiary alicyclic amines) is 1. The van der Waals surface area contributed by atoms with Crippen LogP contribution in [0.2, 0.25) is 0 Å². The van der Waals surface area contributed by atoms with Gasteiger partial charge < -0.3 is 24.8 Å². The first-order chi connectivity index (χ1) is 17.7. The molecule has 0 bridgehead atoms. The molecule has 4 rings (SSSR count). The second-order valence-electron chi connectivity index (χ2n) is 9.73. The van der Waals surface area contributed by atoms with Crippen LogP contribution >= 0.6 is 0 Å². The predicted molar refractivity (Wildman–Crippen MR) is 140 cm³/mol. The minimum absolute atomic E-state index is 0.0209. The van der Waals surface area contributed by atoms with E-state index in [0.29, 0.717) is 30.1 Å². The van der Waals surface area contributed by atoms with Crippen molar-refractivity contribution < 1.29 is 19.0 Å². The number of benzene rings is 1. The third-order valence-corrected chi connectivity index (χ3v) is 5.79. The first-order valence-electron chi connectivity index (χ1n) is 12.0. The number of ether oxygens (including phenoxy) is 3. The first-order valence-corrected chi connectivity index (χ1v) is 12.0. The molecule has 3 heterocycles. The van der Waals surface area contributed by atoms with Crippen molar-refractivity contribution >= 4 is 11.9 Å². The number of aromatic nitrogens is 3. The van der Waals surface area contributed by atoms with Crippen LogP contribution in [-0.4, -0.2) is 58.8 Å². The summed E-state index contributed by atoms with van der Waals surface area (Å²) in [5.74, 6) is 7.20. The third-order valence-electron chi connectivity index (χ3n) is 5.79. The van der Waals surface area contributed by atoms with Crippen molar-refractivity contribution in [2.75, 3.05) is 32.7 Å². The lowest BCUT2D eigenvalue weighted by Crippen LogP contribution is -2.35. The number of rotatable bonds is 5. The average Bonchev–Trinajstić information content (AvgIpc) is 3.31. The van der Waals surface area contributed by atoms with Gasteiger partial charge in [0.05, 0.1) is 11.3 Å². The summed E-state index contributed by atoms with van der Waals surface area (Å²) in [7, 11) is 1.56. The molecule has 1 amide bonds. The Morgan fingerprint density at radius 3 is 2.70 bits per heavy atom. The van der Waals surface area contributed by atoms with E-state index in [1.54, 1.807) is 24.3 Å². The molecule has 2 aromatic heterocycles. The fraction of sp³-hybridized carbons (Fsp3) is 0.357. The minimum Gasteiger partial charge on any atom is -0.467 e. The van der Waals surface area contributed by atoms with Gasteiger partial charge in [-0.25, -0.2) is 4.79 Å². The molecular formula is C28H31N5O4. The number of anilines is 1. The molecule has 9 heteroatoms. The number of methoxy groups -OCH3 is 1. The Kier molecular flexibility index (Phi) is 7.89. The van der Waals surface area contributed by atoms with Crippen molar-refractivity contribution in [1.82, 2.24) is 20.1 Å². The van der Waals surface area contributed by atoms with Gasteiger partial charge in [-0.15, -0.1) is 10.2 Å². The molecule has 37 heavy (non-hydrogen) atoms. The normalized spacial score (nSPS) is 17.1. The lowest BCUT2D eigenvalue weighted by atomic mass is 9.90. The summed E-state index contributed by atoms with van der Waals surface area (Å²) in [4.78, 5) is 18.8. The number of hydrogen-bond donors (Lipinski definition) is 1. The number of amides is 1. The van der Waals surface area contributed by atoms with Crippen LogP contribution in [-0.2, 0) is 9.47 Å². The van der Waals surface area contributed by atoms with Gasteiger partial charge in [0.2, 0.25) is 0 Å². The molecule has 1 saturated heterocycles. The molecule has 1 aliphatic rings. The second-order valence-corrected chi connectivity index (χ2v) is 9.73. The van der Waals surface area contributed by atoms with Gasteiger partial charge in [-0.3, -0.25) is 4.98 Å². The maximum Gasteiger partial charge on any atom is 0.410 e. The minimum atomic E-state index is -0.582. The Bertz CT molecular complexity index is 1300. The largest absolute Gasteiger partial charge is 0.467 e. The fourth-order valence-corrected chi connectivity index (χ4v) is 4.09. The molecule has 9 nitrogen and oxygen atoms in total. The van der Waals surface area contributed by atoms with Gasteiger partial charge in [0.25, 0.3) is 0 Å². The number of pyridine rings is 1. The van der Waals surface area contributed by atoms with Crippen LogP contribution in [0.1, 0.15) is 37.8 Å². The van der Waals surface area contributed by atoms with Crippen molar-refractivity contribution in [2.24, 2.45) is 5.92 Å². The van der Waals surface area contributed by atoms with Gasteiger partial charge in [-0.1, -0.05) is 30.0 Å². The predicted octanol–water partition coefficient (Wildman–Crippen LogP) is 4.11. The number of para-hydroxylation sites is 1. The van der Waals surface area contributed by atoms with Gasteiger partial charge in [-0.2, -0.15) is 0 Å². The van der Waals surface area contributed by atoms with Crippen LogP contribution < -0.4 is 10.5 Å². The lowest BCUT2D eigenvalue weighted by molar-refractivity contribution is 0.0289. The highest BCUT2D eigenvalue weighted by Gasteiger charge is 2.37. The summed E-state index contributed by atoms with van der Waals surface area (Å²) in [5, 5.41) is 8.37.